The smallest absolute Gasteiger partial charge is 0.409 e. The highest BCUT2D eigenvalue weighted by molar-refractivity contribution is 6.14. The van der Waals surface area contributed by atoms with Gasteiger partial charge in [0.15, 0.2) is 0 Å². The highest BCUT2D eigenvalue weighted by Gasteiger charge is 2.36. The quantitative estimate of drug-likeness (QED) is 0.327. The van der Waals surface area contributed by atoms with Gasteiger partial charge < -0.3 is 14.6 Å². The molecular weight excluding hydrogens is 513 g/mol. The van der Waals surface area contributed by atoms with Crippen molar-refractivity contribution in [2.45, 2.75) is 44.2 Å². The first kappa shape index (κ1) is 24.6. The van der Waals surface area contributed by atoms with E-state index in [2.05, 4.69) is 22.2 Å². The molecule has 0 saturated heterocycles. The fourth-order valence-corrected chi connectivity index (χ4v) is 6.77. The number of nitrogens with one attached hydrogen (secondary N) is 1. The van der Waals surface area contributed by atoms with Crippen molar-refractivity contribution in [3.63, 3.8) is 0 Å². The molecular formula is C29H32FN7O3. The van der Waals surface area contributed by atoms with E-state index in [1.54, 1.807) is 31.1 Å². The van der Waals surface area contributed by atoms with E-state index in [0.717, 1.165) is 53.3 Å². The van der Waals surface area contributed by atoms with Gasteiger partial charge in [-0.25, -0.2) is 14.6 Å². The molecule has 1 aliphatic heterocycles. The van der Waals surface area contributed by atoms with Crippen molar-refractivity contribution in [1.29, 1.82) is 0 Å². The summed E-state index contributed by atoms with van der Waals surface area (Å²) in [4.78, 5) is 36.5. The van der Waals surface area contributed by atoms with E-state index in [4.69, 9.17) is 9.72 Å². The first-order valence-corrected chi connectivity index (χ1v) is 13.6. The van der Waals surface area contributed by atoms with Crippen molar-refractivity contribution in [1.82, 2.24) is 33.8 Å². The maximum absolute atomic E-state index is 15.1. The zero-order valence-electron chi connectivity index (χ0n) is 22.6. The number of halogens is 1. The summed E-state index contributed by atoms with van der Waals surface area (Å²) in [6, 6.07) is 8.02. The van der Waals surface area contributed by atoms with E-state index in [1.807, 2.05) is 21.6 Å². The molecule has 208 valence electrons. The second-order valence-electron chi connectivity index (χ2n) is 10.9. The largest absolute Gasteiger partial charge is 0.453 e. The molecule has 7 rings (SSSR count). The number of imidazole rings is 1. The summed E-state index contributed by atoms with van der Waals surface area (Å²) in [6.07, 6.45) is 6.72. The number of rotatable bonds is 1. The maximum atomic E-state index is 15.1. The van der Waals surface area contributed by atoms with Gasteiger partial charge in [0, 0.05) is 45.9 Å². The van der Waals surface area contributed by atoms with E-state index in [9.17, 15) is 9.59 Å². The fourth-order valence-electron chi connectivity index (χ4n) is 6.77. The summed E-state index contributed by atoms with van der Waals surface area (Å²) in [6.45, 7) is 0.564. The van der Waals surface area contributed by atoms with Gasteiger partial charge in [0.2, 0.25) is 5.95 Å². The third kappa shape index (κ3) is 3.60. The average molecular weight is 546 g/mol. The minimum Gasteiger partial charge on any atom is -0.453 e. The molecule has 0 unspecified atom stereocenters. The number of aromatic nitrogens is 6. The molecule has 2 atom stereocenters. The monoisotopic (exact) mass is 545 g/mol. The first-order chi connectivity index (χ1) is 19.4. The van der Waals surface area contributed by atoms with Crippen molar-refractivity contribution in [3.8, 4) is 22.4 Å². The molecule has 1 fully saturated rings. The van der Waals surface area contributed by atoms with E-state index in [-0.39, 0.29) is 25.3 Å². The number of pyridine rings is 1. The first-order valence-electron chi connectivity index (χ1n) is 13.6. The molecule has 0 radical (unpaired) electrons. The van der Waals surface area contributed by atoms with Crippen LogP contribution in [0.2, 0.25) is 0 Å². The van der Waals surface area contributed by atoms with Crippen LogP contribution in [0.5, 0.6) is 0 Å². The van der Waals surface area contributed by atoms with Crippen molar-refractivity contribution in [2.24, 2.45) is 14.1 Å². The number of carbonyl (C=O) groups is 1. The van der Waals surface area contributed by atoms with Crippen LogP contribution >= 0.6 is 0 Å². The fraction of sp³-hybridized carbons (Fsp3) is 0.379. The Kier molecular flexibility index (Phi) is 5.58. The van der Waals surface area contributed by atoms with Gasteiger partial charge in [0.25, 0.3) is 0 Å². The van der Waals surface area contributed by atoms with Crippen molar-refractivity contribution in [3.05, 3.63) is 58.7 Å². The van der Waals surface area contributed by atoms with E-state index in [0.29, 0.717) is 35.4 Å². The van der Waals surface area contributed by atoms with Gasteiger partial charge in [-0.2, -0.15) is 4.39 Å². The Hall–Kier alpha value is -4.41. The number of ether oxygens (including phenoxy) is 1. The molecule has 4 bridgehead atoms. The number of fused-ring (bicyclic) bond motifs is 6. The molecule has 1 aromatic carbocycles. The van der Waals surface area contributed by atoms with Crippen molar-refractivity contribution < 1.29 is 15.3 Å². The average Bonchev–Trinajstić information content (AvgIpc) is 3.70. The van der Waals surface area contributed by atoms with Crippen LogP contribution < -0.4 is 5.69 Å². The van der Waals surface area contributed by atoms with Gasteiger partial charge in [-0.1, -0.05) is 24.3 Å². The van der Waals surface area contributed by atoms with Gasteiger partial charge in [-0.15, -0.1) is 5.10 Å². The maximum Gasteiger partial charge on any atom is 0.409 e. The number of aryl methyl sites for hydroxylation is 3. The third-order valence-corrected chi connectivity index (χ3v) is 8.60. The topological polar surface area (TPSA) is 103 Å². The second kappa shape index (κ2) is 9.07. The molecule has 0 spiro atoms. The Bertz CT molecular complexity index is 1870. The number of hydrogen-bond acceptors (Lipinski definition) is 5. The molecule has 1 amide bonds. The molecule has 1 N–H and O–H groups in total. The van der Waals surface area contributed by atoms with Gasteiger partial charge in [0.05, 0.1) is 41.0 Å². The minimum atomic E-state index is -0.580. The number of carbonyl (C=O) groups excluding carboxylic acids is 1. The number of nitrogens with zero attached hydrogens (tertiary/aromatic N) is 6. The Morgan fingerprint density at radius 2 is 2.05 bits per heavy atom. The lowest BCUT2D eigenvalue weighted by molar-refractivity contribution is 0.104. The highest BCUT2D eigenvalue weighted by atomic mass is 19.1. The van der Waals surface area contributed by atoms with E-state index < -0.39 is 5.95 Å². The summed E-state index contributed by atoms with van der Waals surface area (Å²) in [5, 5.41) is 4.73. The zero-order chi connectivity index (χ0) is 27.7. The summed E-state index contributed by atoms with van der Waals surface area (Å²) in [5.74, 6) is -0.580. The van der Waals surface area contributed by atoms with Crippen LogP contribution in [0.15, 0.2) is 41.5 Å². The Morgan fingerprint density at radius 3 is 2.83 bits per heavy atom. The Balaban J connectivity index is 0.00000302. The van der Waals surface area contributed by atoms with E-state index >= 15 is 4.39 Å². The summed E-state index contributed by atoms with van der Waals surface area (Å²) < 4.78 is 25.2. The molecule has 5 heterocycles. The predicted octanol–water partition coefficient (Wildman–Crippen LogP) is 4.78. The number of benzene rings is 1. The van der Waals surface area contributed by atoms with Crippen molar-refractivity contribution in [2.75, 3.05) is 13.7 Å². The summed E-state index contributed by atoms with van der Waals surface area (Å²) in [7, 11) is 4.86. The molecule has 4 aromatic heterocycles. The summed E-state index contributed by atoms with van der Waals surface area (Å²) >= 11 is 0. The van der Waals surface area contributed by atoms with Crippen LogP contribution in [-0.4, -0.2) is 59.6 Å². The van der Waals surface area contributed by atoms with Gasteiger partial charge in [0.1, 0.15) is 5.65 Å². The van der Waals surface area contributed by atoms with Gasteiger partial charge in [-0.05, 0) is 43.2 Å². The van der Waals surface area contributed by atoms with Crippen LogP contribution in [0.25, 0.3) is 44.5 Å². The van der Waals surface area contributed by atoms with Crippen LogP contribution in [0, 0.1) is 5.95 Å². The molecule has 10 nitrogen and oxygen atoms in total. The Morgan fingerprint density at radius 1 is 1.23 bits per heavy atom. The van der Waals surface area contributed by atoms with E-state index in [1.165, 1.54) is 11.8 Å². The number of aromatic amines is 1. The van der Waals surface area contributed by atoms with Crippen LogP contribution in [0.4, 0.5) is 9.18 Å². The normalized spacial score (nSPS) is 19.1. The third-order valence-electron chi connectivity index (χ3n) is 8.60. The molecule has 11 heteroatoms. The molecule has 40 heavy (non-hydrogen) atoms. The number of H-pyrrole nitrogens is 1. The molecule has 5 aromatic rings. The predicted molar refractivity (Wildman–Crippen MR) is 151 cm³/mol. The lowest BCUT2D eigenvalue weighted by Crippen LogP contribution is -2.40. The lowest BCUT2D eigenvalue weighted by atomic mass is 9.96. The minimum absolute atomic E-state index is 0. The number of amides is 1. The van der Waals surface area contributed by atoms with Gasteiger partial charge in [-0.3, -0.25) is 13.8 Å². The van der Waals surface area contributed by atoms with Gasteiger partial charge >= 0.3 is 11.8 Å². The lowest BCUT2D eigenvalue weighted by Gasteiger charge is -2.28. The molecule has 1 aliphatic carbocycles. The SMILES string of the molecule is COC(=O)N1CCCc2cccc(c2)-c2c(-c3cn(C)nc3F)[nH]c3ncc4c(c23)n(c(=O)n4C)[C@@H]2CC[C@@H]1C2.[HH]. The highest BCUT2D eigenvalue weighted by Crippen LogP contribution is 2.43. The molecule has 1 saturated carbocycles. The van der Waals surface area contributed by atoms with Crippen LogP contribution in [-0.2, 0) is 25.3 Å². The van der Waals surface area contributed by atoms with Crippen LogP contribution in [0.1, 0.15) is 38.7 Å². The molecule has 2 aliphatic rings. The van der Waals surface area contributed by atoms with Crippen molar-refractivity contribution >= 4 is 28.2 Å². The number of hydrogen-bond donors (Lipinski definition) is 1. The second-order valence-corrected chi connectivity index (χ2v) is 10.9. The Labute approximate surface area is 230 Å². The standard InChI is InChI=1S/C29H30FN7O3.H2/c1-34-15-20(26(30)33-34)24-22-17-8-4-6-16(12-17)7-5-11-36(29(39)40-3)18-9-10-19(13-18)37-25-21(35(2)28(37)38)14-31-27(32-24)23(22)25;/h4,6,8,12,14-15,18-19H,5,7,9-11,13H2,1-3H3,(H,31,32);1H/t18-,19-;/m1./s1. The zero-order valence-corrected chi connectivity index (χ0v) is 22.6. The summed E-state index contributed by atoms with van der Waals surface area (Å²) in [5.41, 5.74) is 5.61. The van der Waals surface area contributed by atoms with Crippen LogP contribution in [0.3, 0.4) is 0 Å². The number of methoxy groups -OCH3 is 1.